The Morgan fingerprint density at radius 3 is 3.00 bits per heavy atom. The summed E-state index contributed by atoms with van der Waals surface area (Å²) in [6.07, 6.45) is 2.27. The molecule has 1 N–H and O–H groups in total. The number of aliphatic carboxylic acids is 1. The lowest BCUT2D eigenvalue weighted by molar-refractivity contribution is -0.138. The van der Waals surface area contributed by atoms with E-state index in [1.54, 1.807) is 0 Å². The highest BCUT2D eigenvalue weighted by atomic mass is 35.5. The van der Waals surface area contributed by atoms with Crippen LogP contribution in [0.2, 0.25) is 5.02 Å². The van der Waals surface area contributed by atoms with Crippen LogP contribution in [0.1, 0.15) is 37.8 Å². The molecule has 1 saturated heterocycles. The van der Waals surface area contributed by atoms with Crippen LogP contribution in [0.5, 0.6) is 0 Å². The Morgan fingerprint density at radius 2 is 2.37 bits per heavy atom. The van der Waals surface area contributed by atoms with E-state index in [2.05, 4.69) is 17.9 Å². The normalized spacial score (nSPS) is 21.5. The fraction of sp³-hybridized carbons (Fsp3) is 0.533. The van der Waals surface area contributed by atoms with Gasteiger partial charge in [-0.1, -0.05) is 30.7 Å². The monoisotopic (exact) mass is 281 g/mol. The number of hydrogen-bond donors (Lipinski definition) is 1. The molecule has 4 heteroatoms. The predicted octanol–water partition coefficient (Wildman–Crippen LogP) is 3.59. The third kappa shape index (κ3) is 3.71. The van der Waals surface area contributed by atoms with E-state index in [9.17, 15) is 4.79 Å². The SMILES string of the molecule is CCC(c1cccc(Cl)c1)N1CCC(CC(=O)O)C1. The maximum atomic E-state index is 10.8. The minimum absolute atomic E-state index is 0.280. The second-order valence-corrected chi connectivity index (χ2v) is 5.66. The lowest BCUT2D eigenvalue weighted by Crippen LogP contribution is -2.26. The number of hydrogen-bond acceptors (Lipinski definition) is 2. The summed E-state index contributed by atoms with van der Waals surface area (Å²) < 4.78 is 0. The number of carboxylic acid groups (broad SMARTS) is 1. The molecule has 0 bridgehead atoms. The quantitative estimate of drug-likeness (QED) is 0.897. The van der Waals surface area contributed by atoms with Crippen LogP contribution in [0.3, 0.4) is 0 Å². The second kappa shape index (κ2) is 6.40. The number of rotatable bonds is 5. The third-order valence-corrected chi connectivity index (χ3v) is 4.08. The number of likely N-dealkylation sites (tertiary alicyclic amines) is 1. The zero-order valence-electron chi connectivity index (χ0n) is 11.2. The number of nitrogens with zero attached hydrogens (tertiary/aromatic N) is 1. The van der Waals surface area contributed by atoms with Gasteiger partial charge in [0.2, 0.25) is 0 Å². The molecule has 2 rings (SSSR count). The highest BCUT2D eigenvalue weighted by molar-refractivity contribution is 6.30. The van der Waals surface area contributed by atoms with Crippen molar-refractivity contribution < 1.29 is 9.90 Å². The maximum absolute atomic E-state index is 10.8. The van der Waals surface area contributed by atoms with Crippen molar-refractivity contribution in [1.29, 1.82) is 0 Å². The smallest absolute Gasteiger partial charge is 0.303 e. The summed E-state index contributed by atoms with van der Waals surface area (Å²) in [6, 6.07) is 8.32. The van der Waals surface area contributed by atoms with Crippen molar-refractivity contribution in [2.45, 2.75) is 32.2 Å². The van der Waals surface area contributed by atoms with E-state index in [4.69, 9.17) is 16.7 Å². The van der Waals surface area contributed by atoms with Crippen LogP contribution in [0, 0.1) is 5.92 Å². The Hall–Kier alpha value is -1.06. The van der Waals surface area contributed by atoms with Crippen molar-refractivity contribution in [2.75, 3.05) is 13.1 Å². The van der Waals surface area contributed by atoms with Crippen LogP contribution in [0.15, 0.2) is 24.3 Å². The molecular formula is C15H20ClNO2. The first-order valence-corrected chi connectivity index (χ1v) is 7.19. The molecule has 1 aromatic carbocycles. The molecule has 2 unspecified atom stereocenters. The van der Waals surface area contributed by atoms with Crippen molar-refractivity contribution >= 4 is 17.6 Å². The number of halogens is 1. The van der Waals surface area contributed by atoms with E-state index >= 15 is 0 Å². The third-order valence-electron chi connectivity index (χ3n) is 3.84. The van der Waals surface area contributed by atoms with E-state index in [1.165, 1.54) is 5.56 Å². The van der Waals surface area contributed by atoms with E-state index in [0.29, 0.717) is 6.04 Å². The van der Waals surface area contributed by atoms with Gasteiger partial charge in [-0.15, -0.1) is 0 Å². The summed E-state index contributed by atoms with van der Waals surface area (Å²) in [6.45, 7) is 4.01. The molecule has 0 spiro atoms. The van der Waals surface area contributed by atoms with Gasteiger partial charge in [-0.2, -0.15) is 0 Å². The van der Waals surface area contributed by atoms with Crippen LogP contribution in [-0.4, -0.2) is 29.1 Å². The Morgan fingerprint density at radius 1 is 1.58 bits per heavy atom. The zero-order chi connectivity index (χ0) is 13.8. The van der Waals surface area contributed by atoms with Gasteiger partial charge < -0.3 is 5.11 Å². The van der Waals surface area contributed by atoms with Crippen LogP contribution in [0.4, 0.5) is 0 Å². The zero-order valence-corrected chi connectivity index (χ0v) is 11.9. The molecule has 1 aliphatic rings. The molecule has 19 heavy (non-hydrogen) atoms. The second-order valence-electron chi connectivity index (χ2n) is 5.23. The standard InChI is InChI=1S/C15H20ClNO2/c1-2-14(12-4-3-5-13(16)9-12)17-7-6-11(10-17)8-15(18)19/h3-5,9,11,14H,2,6-8,10H2,1H3,(H,18,19). The van der Waals surface area contributed by atoms with Crippen LogP contribution < -0.4 is 0 Å². The topological polar surface area (TPSA) is 40.5 Å². The molecule has 2 atom stereocenters. The van der Waals surface area contributed by atoms with Crippen LogP contribution >= 0.6 is 11.6 Å². The first-order valence-electron chi connectivity index (χ1n) is 6.81. The minimum atomic E-state index is -0.692. The molecule has 1 aromatic rings. The van der Waals surface area contributed by atoms with Gasteiger partial charge >= 0.3 is 5.97 Å². The minimum Gasteiger partial charge on any atom is -0.481 e. The number of carboxylic acids is 1. The Kier molecular flexibility index (Phi) is 4.83. The fourth-order valence-corrected chi connectivity index (χ4v) is 3.18. The largest absolute Gasteiger partial charge is 0.481 e. The molecule has 1 heterocycles. The Bertz CT molecular complexity index is 450. The molecule has 0 aromatic heterocycles. The van der Waals surface area contributed by atoms with Crippen molar-refractivity contribution in [3.05, 3.63) is 34.9 Å². The molecule has 0 aliphatic carbocycles. The summed E-state index contributed by atoms with van der Waals surface area (Å²) in [5.74, 6) is -0.409. The van der Waals surface area contributed by atoms with Crippen molar-refractivity contribution in [2.24, 2.45) is 5.92 Å². The fourth-order valence-electron chi connectivity index (χ4n) is 2.98. The first kappa shape index (κ1) is 14.4. The van der Waals surface area contributed by atoms with Gasteiger partial charge in [-0.3, -0.25) is 9.69 Å². The Balaban J connectivity index is 2.05. The van der Waals surface area contributed by atoms with Gasteiger partial charge in [0.25, 0.3) is 0 Å². The summed E-state index contributed by atoms with van der Waals surface area (Å²) in [5.41, 5.74) is 1.23. The summed E-state index contributed by atoms with van der Waals surface area (Å²) in [5, 5.41) is 9.63. The van der Waals surface area contributed by atoms with E-state index in [0.717, 1.165) is 31.0 Å². The van der Waals surface area contributed by atoms with Crippen LogP contribution in [0.25, 0.3) is 0 Å². The highest BCUT2D eigenvalue weighted by Gasteiger charge is 2.29. The van der Waals surface area contributed by atoms with Gasteiger partial charge in [0, 0.05) is 24.0 Å². The number of benzene rings is 1. The predicted molar refractivity (Wildman–Crippen MR) is 76.4 cm³/mol. The average molecular weight is 282 g/mol. The molecule has 1 aliphatic heterocycles. The maximum Gasteiger partial charge on any atom is 0.303 e. The van der Waals surface area contributed by atoms with E-state index in [-0.39, 0.29) is 12.3 Å². The summed E-state index contributed by atoms with van der Waals surface area (Å²) in [7, 11) is 0. The summed E-state index contributed by atoms with van der Waals surface area (Å²) >= 11 is 6.05. The van der Waals surface area contributed by atoms with Gasteiger partial charge in [0.15, 0.2) is 0 Å². The molecule has 3 nitrogen and oxygen atoms in total. The molecule has 1 fully saturated rings. The Labute approximate surface area is 119 Å². The van der Waals surface area contributed by atoms with Crippen LogP contribution in [-0.2, 0) is 4.79 Å². The number of carbonyl (C=O) groups is 1. The lowest BCUT2D eigenvalue weighted by atomic mass is 10.0. The summed E-state index contributed by atoms with van der Waals surface area (Å²) in [4.78, 5) is 13.2. The highest BCUT2D eigenvalue weighted by Crippen LogP contribution is 2.32. The molecule has 0 amide bonds. The van der Waals surface area contributed by atoms with Gasteiger partial charge in [-0.05, 0) is 43.0 Å². The first-order chi connectivity index (χ1) is 9.10. The van der Waals surface area contributed by atoms with E-state index in [1.807, 2.05) is 18.2 Å². The molecule has 104 valence electrons. The average Bonchev–Trinajstić information content (AvgIpc) is 2.77. The lowest BCUT2D eigenvalue weighted by Gasteiger charge is -2.27. The van der Waals surface area contributed by atoms with Gasteiger partial charge in [0.05, 0.1) is 0 Å². The van der Waals surface area contributed by atoms with E-state index < -0.39 is 5.97 Å². The molecule has 0 radical (unpaired) electrons. The van der Waals surface area contributed by atoms with Gasteiger partial charge in [-0.25, -0.2) is 0 Å². The van der Waals surface area contributed by atoms with Crippen molar-refractivity contribution in [1.82, 2.24) is 4.90 Å². The van der Waals surface area contributed by atoms with Gasteiger partial charge in [0.1, 0.15) is 0 Å². The molecule has 0 saturated carbocycles. The van der Waals surface area contributed by atoms with Crippen molar-refractivity contribution in [3.63, 3.8) is 0 Å². The molecular weight excluding hydrogens is 262 g/mol. The van der Waals surface area contributed by atoms with Crippen molar-refractivity contribution in [3.8, 4) is 0 Å².